The Hall–Kier alpha value is -1.64. The summed E-state index contributed by atoms with van der Waals surface area (Å²) in [5.74, 6) is 0. The van der Waals surface area contributed by atoms with Crippen LogP contribution >= 0.6 is 0 Å². The first-order valence-electron chi connectivity index (χ1n) is 5.58. The first-order chi connectivity index (χ1) is 7.70. The van der Waals surface area contributed by atoms with Crippen molar-refractivity contribution >= 4 is 6.08 Å². The van der Waals surface area contributed by atoms with Gasteiger partial charge in [-0.25, -0.2) is 0 Å². The van der Waals surface area contributed by atoms with Crippen LogP contribution in [-0.4, -0.2) is 4.92 Å². The molecule has 0 amide bonds. The van der Waals surface area contributed by atoms with Gasteiger partial charge in [-0.2, -0.15) is 0 Å². The van der Waals surface area contributed by atoms with Gasteiger partial charge in [-0.05, 0) is 5.56 Å². The van der Waals surface area contributed by atoms with Crippen LogP contribution in [0.25, 0.3) is 6.08 Å². The molecule has 0 aliphatic rings. The van der Waals surface area contributed by atoms with Gasteiger partial charge in [0.1, 0.15) is 0 Å². The maximum absolute atomic E-state index is 10.2. The van der Waals surface area contributed by atoms with Crippen molar-refractivity contribution in [1.29, 1.82) is 0 Å². The Morgan fingerprint density at radius 3 is 1.94 bits per heavy atom. The van der Waals surface area contributed by atoms with Crippen molar-refractivity contribution in [1.82, 2.24) is 0 Å². The molecule has 0 aliphatic heterocycles. The van der Waals surface area contributed by atoms with Crippen LogP contribution in [0.3, 0.4) is 0 Å². The first kappa shape index (κ1) is 16.8. The molecule has 0 heterocycles. The van der Waals surface area contributed by atoms with Crippen LogP contribution in [0.2, 0.25) is 0 Å². The largest absolute Gasteiger partial charge is 0.259 e. The summed E-state index contributed by atoms with van der Waals surface area (Å²) in [6.45, 7) is 9.48. The lowest BCUT2D eigenvalue weighted by atomic mass is 10.2. The Bertz CT molecular complexity index is 305. The predicted octanol–water partition coefficient (Wildman–Crippen LogP) is 4.38. The second-order valence-electron chi connectivity index (χ2n) is 2.45. The summed E-state index contributed by atoms with van der Waals surface area (Å²) in [7, 11) is 0. The average molecular weight is 223 g/mol. The second kappa shape index (κ2) is 11.4. The van der Waals surface area contributed by atoms with Crippen LogP contribution in [-0.2, 0) is 0 Å². The van der Waals surface area contributed by atoms with E-state index in [0.717, 1.165) is 5.56 Å². The third-order valence-electron chi connectivity index (χ3n) is 1.46. The molecule has 3 heteroatoms. The predicted molar refractivity (Wildman–Crippen MR) is 69.8 cm³/mol. The summed E-state index contributed by atoms with van der Waals surface area (Å²) in [6, 6.07) is 9.22. The van der Waals surface area contributed by atoms with E-state index in [1.807, 2.05) is 58.0 Å². The molecule has 0 bridgehead atoms. The van der Waals surface area contributed by atoms with E-state index in [4.69, 9.17) is 0 Å². The Morgan fingerprint density at radius 1 is 1.12 bits per heavy atom. The number of benzene rings is 1. The molecule has 0 unspecified atom stereocenters. The van der Waals surface area contributed by atoms with Gasteiger partial charge in [0.2, 0.25) is 5.70 Å². The van der Waals surface area contributed by atoms with E-state index >= 15 is 0 Å². The van der Waals surface area contributed by atoms with Gasteiger partial charge < -0.3 is 0 Å². The lowest BCUT2D eigenvalue weighted by molar-refractivity contribution is -0.422. The molecule has 0 aliphatic carbocycles. The molecule has 1 aromatic carbocycles. The summed E-state index contributed by atoms with van der Waals surface area (Å²) >= 11 is 0. The molecule has 0 radical (unpaired) electrons. The quantitative estimate of drug-likeness (QED) is 0.551. The standard InChI is InChI=1S/C9H9NO2.2C2H6/c1-8(10(11)12)7-9-5-3-2-4-6-9;2*1-2/h2-7H,1H3;2*1-2H3/b8-7+;;. The Kier molecular flexibility index (Phi) is 12.0. The second-order valence-corrected chi connectivity index (χ2v) is 2.45. The normalized spacial score (nSPS) is 9.19. The van der Waals surface area contributed by atoms with E-state index in [0.29, 0.717) is 0 Å². The maximum atomic E-state index is 10.2. The number of nitrogens with zero attached hydrogens (tertiary/aromatic N) is 1. The van der Waals surface area contributed by atoms with Crippen molar-refractivity contribution in [2.45, 2.75) is 34.6 Å². The van der Waals surface area contributed by atoms with E-state index < -0.39 is 4.92 Å². The van der Waals surface area contributed by atoms with Gasteiger partial charge in [-0.1, -0.05) is 58.0 Å². The molecule has 1 rings (SSSR count). The molecule has 0 fully saturated rings. The van der Waals surface area contributed by atoms with Crippen molar-refractivity contribution in [3.63, 3.8) is 0 Å². The molecule has 0 saturated carbocycles. The van der Waals surface area contributed by atoms with Crippen LogP contribution in [0.15, 0.2) is 36.0 Å². The number of hydrogen-bond acceptors (Lipinski definition) is 2. The molecule has 3 nitrogen and oxygen atoms in total. The van der Waals surface area contributed by atoms with Gasteiger partial charge in [0.15, 0.2) is 0 Å². The van der Waals surface area contributed by atoms with Gasteiger partial charge in [0.05, 0.1) is 4.92 Å². The van der Waals surface area contributed by atoms with Crippen molar-refractivity contribution in [3.05, 3.63) is 51.7 Å². The summed E-state index contributed by atoms with van der Waals surface area (Å²) in [6.07, 6.45) is 1.54. The number of allylic oxidation sites excluding steroid dienone is 1. The molecule has 0 N–H and O–H groups in total. The SMILES string of the molecule is C/C(=C\c1ccccc1)[N+](=O)[O-].CC.CC. The highest BCUT2D eigenvalue weighted by atomic mass is 16.6. The van der Waals surface area contributed by atoms with Crippen LogP contribution in [0, 0.1) is 10.1 Å². The fraction of sp³-hybridized carbons (Fsp3) is 0.385. The monoisotopic (exact) mass is 223 g/mol. The minimum absolute atomic E-state index is 0.154. The summed E-state index contributed by atoms with van der Waals surface area (Å²) in [5.41, 5.74) is 1.01. The Labute approximate surface area is 98.0 Å². The lowest BCUT2D eigenvalue weighted by Gasteiger charge is -1.91. The summed E-state index contributed by atoms with van der Waals surface area (Å²) in [4.78, 5) is 9.85. The molecule has 0 spiro atoms. The number of nitro groups is 1. The fourth-order valence-electron chi connectivity index (χ4n) is 0.843. The molecule has 0 atom stereocenters. The van der Waals surface area contributed by atoms with Crippen LogP contribution in [0.1, 0.15) is 40.2 Å². The summed E-state index contributed by atoms with van der Waals surface area (Å²) < 4.78 is 0. The van der Waals surface area contributed by atoms with Crippen molar-refractivity contribution in [2.24, 2.45) is 0 Å². The third kappa shape index (κ3) is 7.74. The zero-order valence-corrected chi connectivity index (χ0v) is 10.7. The van der Waals surface area contributed by atoms with Gasteiger partial charge in [0.25, 0.3) is 0 Å². The summed E-state index contributed by atoms with van der Waals surface area (Å²) in [5, 5.41) is 10.2. The van der Waals surface area contributed by atoms with Gasteiger partial charge in [0, 0.05) is 13.0 Å². The van der Waals surface area contributed by atoms with Crippen LogP contribution in [0.5, 0.6) is 0 Å². The fourth-order valence-corrected chi connectivity index (χ4v) is 0.843. The van der Waals surface area contributed by atoms with Crippen molar-refractivity contribution in [2.75, 3.05) is 0 Å². The minimum Gasteiger partial charge on any atom is -0.259 e. The van der Waals surface area contributed by atoms with Crippen LogP contribution in [0.4, 0.5) is 0 Å². The molecule has 1 aromatic rings. The zero-order chi connectivity index (χ0) is 13.0. The molecule has 0 saturated heterocycles. The van der Waals surface area contributed by atoms with Crippen molar-refractivity contribution in [3.8, 4) is 0 Å². The van der Waals surface area contributed by atoms with Gasteiger partial charge in [-0.3, -0.25) is 10.1 Å². The highest BCUT2D eigenvalue weighted by molar-refractivity contribution is 5.49. The maximum Gasteiger partial charge on any atom is 0.243 e. The highest BCUT2D eigenvalue weighted by Gasteiger charge is 2.00. The van der Waals surface area contributed by atoms with E-state index in [1.165, 1.54) is 6.92 Å². The smallest absolute Gasteiger partial charge is 0.243 e. The Balaban J connectivity index is 0. The van der Waals surface area contributed by atoms with Crippen LogP contribution < -0.4 is 0 Å². The molecule has 90 valence electrons. The van der Waals surface area contributed by atoms with Crippen molar-refractivity contribution < 1.29 is 4.92 Å². The Morgan fingerprint density at radius 2 is 1.56 bits per heavy atom. The van der Waals surface area contributed by atoms with E-state index in [9.17, 15) is 10.1 Å². The highest BCUT2D eigenvalue weighted by Crippen LogP contribution is 2.05. The lowest BCUT2D eigenvalue weighted by Crippen LogP contribution is -1.92. The first-order valence-corrected chi connectivity index (χ1v) is 5.58. The van der Waals surface area contributed by atoms with E-state index in [1.54, 1.807) is 6.08 Å². The zero-order valence-electron chi connectivity index (χ0n) is 10.7. The van der Waals surface area contributed by atoms with Gasteiger partial charge >= 0.3 is 0 Å². The molecular weight excluding hydrogens is 202 g/mol. The van der Waals surface area contributed by atoms with Gasteiger partial charge in [-0.15, -0.1) is 0 Å². The molecular formula is C13H21NO2. The van der Waals surface area contributed by atoms with E-state index in [-0.39, 0.29) is 5.70 Å². The minimum atomic E-state index is -0.396. The number of rotatable bonds is 2. The molecule has 16 heavy (non-hydrogen) atoms. The topological polar surface area (TPSA) is 43.1 Å². The number of hydrogen-bond donors (Lipinski definition) is 0. The third-order valence-corrected chi connectivity index (χ3v) is 1.46. The molecule has 0 aromatic heterocycles. The average Bonchev–Trinajstić information content (AvgIpc) is 2.35. The van der Waals surface area contributed by atoms with E-state index in [2.05, 4.69) is 0 Å².